The molecule has 0 aliphatic carbocycles. The Hall–Kier alpha value is -5.86. The minimum Gasteiger partial charge on any atom is -0.309 e. The molecule has 0 bridgehead atoms. The predicted octanol–water partition coefficient (Wildman–Crippen LogP) is 11.3. The van der Waals surface area contributed by atoms with Gasteiger partial charge in [0.1, 0.15) is 0 Å². The molecule has 7 aromatic carbocycles. The van der Waals surface area contributed by atoms with Crippen LogP contribution in [0.2, 0.25) is 0 Å². The van der Waals surface area contributed by atoms with Gasteiger partial charge in [0.2, 0.25) is 0 Å². The highest BCUT2D eigenvalue weighted by molar-refractivity contribution is 6.23. The van der Waals surface area contributed by atoms with Crippen molar-refractivity contribution < 1.29 is 0 Å². The second-order valence-electron chi connectivity index (χ2n) is 11.8. The van der Waals surface area contributed by atoms with Crippen molar-refractivity contribution in [2.45, 2.75) is 0 Å². The van der Waals surface area contributed by atoms with Gasteiger partial charge in [-0.2, -0.15) is 0 Å². The van der Waals surface area contributed by atoms with Gasteiger partial charge in [-0.1, -0.05) is 115 Å². The van der Waals surface area contributed by atoms with Crippen molar-refractivity contribution in [2.24, 2.45) is 0 Å². The molecule has 0 aliphatic rings. The number of nitrogens with zero attached hydrogens (tertiary/aromatic N) is 2. The molecule has 0 fully saturated rings. The van der Waals surface area contributed by atoms with E-state index in [9.17, 15) is 0 Å². The van der Waals surface area contributed by atoms with Crippen LogP contribution in [0.1, 0.15) is 0 Å². The van der Waals surface area contributed by atoms with Crippen molar-refractivity contribution in [3.63, 3.8) is 0 Å². The van der Waals surface area contributed by atoms with Gasteiger partial charge < -0.3 is 8.97 Å². The number of fused-ring (bicyclic) bond motifs is 9. The van der Waals surface area contributed by atoms with Crippen LogP contribution in [-0.4, -0.2) is 8.97 Å². The number of hydrogen-bond acceptors (Lipinski definition) is 0. The van der Waals surface area contributed by atoms with Crippen LogP contribution in [0.5, 0.6) is 0 Å². The van der Waals surface area contributed by atoms with E-state index in [0.717, 1.165) is 0 Å². The molecular formula is C42H26N2. The van der Waals surface area contributed by atoms with Crippen LogP contribution in [0.15, 0.2) is 158 Å². The molecule has 0 N–H and O–H groups in total. The number of para-hydroxylation sites is 3. The molecule has 0 radical (unpaired) electrons. The number of benzene rings is 7. The Morgan fingerprint density at radius 1 is 0.295 bits per heavy atom. The van der Waals surface area contributed by atoms with Gasteiger partial charge >= 0.3 is 0 Å². The SMILES string of the molecule is c1ccc(-c2cccc(-n3c4ccccc4c4ccc(-c5ccc6c(c5)c5cccc7c8ccccc8n6c75)cc43)c2)cc1. The summed E-state index contributed by atoms with van der Waals surface area (Å²) in [6.07, 6.45) is 0. The van der Waals surface area contributed by atoms with Crippen LogP contribution in [0.25, 0.3) is 87.8 Å². The summed E-state index contributed by atoms with van der Waals surface area (Å²) in [5.41, 5.74) is 12.3. The molecule has 0 aliphatic heterocycles. The second kappa shape index (κ2) is 8.82. The molecule has 0 atom stereocenters. The third-order valence-electron chi connectivity index (χ3n) is 9.44. The van der Waals surface area contributed by atoms with Crippen molar-refractivity contribution in [1.29, 1.82) is 0 Å². The molecule has 0 saturated heterocycles. The highest BCUT2D eigenvalue weighted by Crippen LogP contribution is 2.41. The monoisotopic (exact) mass is 558 g/mol. The van der Waals surface area contributed by atoms with E-state index in [1.807, 2.05) is 0 Å². The van der Waals surface area contributed by atoms with Gasteiger partial charge in [-0.3, -0.25) is 0 Å². The topological polar surface area (TPSA) is 9.34 Å². The van der Waals surface area contributed by atoms with Gasteiger partial charge in [0.25, 0.3) is 0 Å². The molecule has 0 amide bonds. The fraction of sp³-hybridized carbons (Fsp3) is 0. The summed E-state index contributed by atoms with van der Waals surface area (Å²) in [6.45, 7) is 0. The summed E-state index contributed by atoms with van der Waals surface area (Å²) < 4.78 is 4.87. The van der Waals surface area contributed by atoms with E-state index in [-0.39, 0.29) is 0 Å². The third-order valence-corrected chi connectivity index (χ3v) is 9.44. The van der Waals surface area contributed by atoms with E-state index in [1.54, 1.807) is 0 Å². The molecular weight excluding hydrogens is 532 g/mol. The van der Waals surface area contributed by atoms with Crippen LogP contribution in [0.3, 0.4) is 0 Å². The zero-order valence-electron chi connectivity index (χ0n) is 23.9. The van der Waals surface area contributed by atoms with E-state index in [1.165, 1.54) is 87.8 Å². The number of rotatable bonds is 3. The van der Waals surface area contributed by atoms with E-state index in [0.29, 0.717) is 0 Å². The summed E-state index contributed by atoms with van der Waals surface area (Å²) in [7, 11) is 0. The average molecular weight is 559 g/mol. The standard InChI is InChI=1S/C42H26N2/c1-2-10-27(11-3-1)28-12-8-13-31(24-28)43-38-18-6-4-14-32(38)34-22-20-30(26-41(34)43)29-21-23-40-37(25-29)36-17-9-16-35-33-15-5-7-19-39(33)44(40)42(35)36/h1-26H. The van der Waals surface area contributed by atoms with Crippen LogP contribution >= 0.6 is 0 Å². The lowest BCUT2D eigenvalue weighted by atomic mass is 10.0. The van der Waals surface area contributed by atoms with Crippen molar-refractivity contribution >= 4 is 59.9 Å². The summed E-state index contributed by atoms with van der Waals surface area (Å²) in [5.74, 6) is 0. The highest BCUT2D eigenvalue weighted by atomic mass is 15.0. The molecule has 10 rings (SSSR count). The summed E-state index contributed by atoms with van der Waals surface area (Å²) in [5, 5.41) is 7.77. The fourth-order valence-corrected chi connectivity index (χ4v) is 7.50. The maximum atomic E-state index is 2.44. The van der Waals surface area contributed by atoms with Crippen molar-refractivity contribution in [2.75, 3.05) is 0 Å². The Morgan fingerprint density at radius 2 is 0.864 bits per heavy atom. The first-order valence-electron chi connectivity index (χ1n) is 15.2. The first-order valence-corrected chi connectivity index (χ1v) is 15.2. The quantitative estimate of drug-likeness (QED) is 0.204. The Balaban J connectivity index is 1.21. The lowest BCUT2D eigenvalue weighted by Gasteiger charge is -2.11. The highest BCUT2D eigenvalue weighted by Gasteiger charge is 2.18. The molecule has 0 unspecified atom stereocenters. The molecule has 3 heterocycles. The molecule has 2 heteroatoms. The molecule has 44 heavy (non-hydrogen) atoms. The largest absolute Gasteiger partial charge is 0.309 e. The molecule has 0 spiro atoms. The normalized spacial score (nSPS) is 12.1. The van der Waals surface area contributed by atoms with Gasteiger partial charge in [0.15, 0.2) is 0 Å². The van der Waals surface area contributed by atoms with E-state index < -0.39 is 0 Å². The molecule has 204 valence electrons. The van der Waals surface area contributed by atoms with Crippen LogP contribution < -0.4 is 0 Å². The zero-order chi connectivity index (χ0) is 28.8. The third kappa shape index (κ3) is 3.20. The van der Waals surface area contributed by atoms with Gasteiger partial charge in [-0.05, 0) is 64.7 Å². The maximum Gasteiger partial charge on any atom is 0.0620 e. The van der Waals surface area contributed by atoms with E-state index in [2.05, 4.69) is 167 Å². The van der Waals surface area contributed by atoms with Gasteiger partial charge in [-0.25, -0.2) is 0 Å². The van der Waals surface area contributed by atoms with Crippen molar-refractivity contribution in [3.05, 3.63) is 158 Å². The minimum atomic E-state index is 1.17. The molecule has 10 aromatic rings. The molecule has 2 nitrogen and oxygen atoms in total. The zero-order valence-corrected chi connectivity index (χ0v) is 23.9. The van der Waals surface area contributed by atoms with E-state index in [4.69, 9.17) is 0 Å². The van der Waals surface area contributed by atoms with Crippen molar-refractivity contribution in [3.8, 4) is 27.9 Å². The maximum absolute atomic E-state index is 2.44. The summed E-state index contributed by atoms with van der Waals surface area (Å²) >= 11 is 0. The lowest BCUT2D eigenvalue weighted by Crippen LogP contribution is -1.94. The van der Waals surface area contributed by atoms with Gasteiger partial charge in [0, 0.05) is 38.0 Å². The lowest BCUT2D eigenvalue weighted by molar-refractivity contribution is 1.18. The number of hydrogen-bond donors (Lipinski definition) is 0. The van der Waals surface area contributed by atoms with Crippen LogP contribution in [-0.2, 0) is 0 Å². The fourth-order valence-electron chi connectivity index (χ4n) is 7.50. The Kier molecular flexibility index (Phi) is 4.75. The second-order valence-corrected chi connectivity index (χ2v) is 11.8. The Morgan fingerprint density at radius 3 is 1.73 bits per heavy atom. The first kappa shape index (κ1) is 23.7. The minimum absolute atomic E-state index is 1.17. The summed E-state index contributed by atoms with van der Waals surface area (Å²) in [4.78, 5) is 0. The van der Waals surface area contributed by atoms with Crippen LogP contribution in [0, 0.1) is 0 Å². The van der Waals surface area contributed by atoms with Crippen molar-refractivity contribution in [1.82, 2.24) is 8.97 Å². The smallest absolute Gasteiger partial charge is 0.0620 e. The number of aromatic nitrogens is 2. The first-order chi connectivity index (χ1) is 21.8. The van der Waals surface area contributed by atoms with E-state index >= 15 is 0 Å². The summed E-state index contributed by atoms with van der Waals surface area (Å²) in [6, 6.07) is 57.7. The van der Waals surface area contributed by atoms with Crippen LogP contribution in [0.4, 0.5) is 0 Å². The average Bonchev–Trinajstić information content (AvgIpc) is 3.73. The Bertz CT molecular complexity index is 2710. The molecule has 0 saturated carbocycles. The van der Waals surface area contributed by atoms with Gasteiger partial charge in [-0.15, -0.1) is 0 Å². The van der Waals surface area contributed by atoms with Gasteiger partial charge in [0.05, 0.1) is 27.6 Å². The predicted molar refractivity (Wildman–Crippen MR) is 186 cm³/mol. The molecule has 3 aromatic heterocycles. The Labute approximate surface area is 254 Å².